The number of carbonyl (C=O) groups excluding carboxylic acids is 1. The minimum Gasteiger partial charge on any atom is -0.334 e. The van der Waals surface area contributed by atoms with Gasteiger partial charge in [-0.2, -0.15) is 0 Å². The van der Waals surface area contributed by atoms with Gasteiger partial charge in [0.05, 0.1) is 11.1 Å². The summed E-state index contributed by atoms with van der Waals surface area (Å²) in [5.74, 6) is 0.753. The van der Waals surface area contributed by atoms with E-state index in [0.717, 1.165) is 42.5 Å². The predicted molar refractivity (Wildman–Crippen MR) is 82.2 cm³/mol. The van der Waals surface area contributed by atoms with E-state index in [1.54, 1.807) is 6.20 Å². The van der Waals surface area contributed by atoms with Crippen molar-refractivity contribution in [2.75, 3.05) is 19.6 Å². The molecule has 2 aromatic rings. The SMILES string of the molecule is O=C(c1cccc2cccnc12)N1CCCC2CNCC21. The Bertz CT molecular complexity index is 679. The van der Waals surface area contributed by atoms with E-state index in [9.17, 15) is 4.79 Å². The Morgan fingerprint density at radius 2 is 2.14 bits per heavy atom. The number of aromatic nitrogens is 1. The van der Waals surface area contributed by atoms with Gasteiger partial charge in [0.2, 0.25) is 0 Å². The number of piperidine rings is 1. The highest BCUT2D eigenvalue weighted by atomic mass is 16.2. The topological polar surface area (TPSA) is 45.2 Å². The highest BCUT2D eigenvalue weighted by Crippen LogP contribution is 2.28. The van der Waals surface area contributed by atoms with Gasteiger partial charge >= 0.3 is 0 Å². The lowest BCUT2D eigenvalue weighted by Crippen LogP contribution is -2.48. The Morgan fingerprint density at radius 3 is 3.10 bits per heavy atom. The summed E-state index contributed by atoms with van der Waals surface area (Å²) in [5.41, 5.74) is 1.55. The Labute approximate surface area is 124 Å². The van der Waals surface area contributed by atoms with E-state index in [1.807, 2.05) is 30.3 Å². The summed E-state index contributed by atoms with van der Waals surface area (Å²) in [7, 11) is 0. The number of rotatable bonds is 1. The summed E-state index contributed by atoms with van der Waals surface area (Å²) in [6.07, 6.45) is 4.09. The molecule has 4 rings (SSSR count). The van der Waals surface area contributed by atoms with Gasteiger partial charge in [0.15, 0.2) is 0 Å². The number of nitrogens with one attached hydrogen (secondary N) is 1. The summed E-state index contributed by atoms with van der Waals surface area (Å²) < 4.78 is 0. The van der Waals surface area contributed by atoms with Crippen molar-refractivity contribution in [3.63, 3.8) is 0 Å². The molecule has 0 saturated carbocycles. The van der Waals surface area contributed by atoms with Gasteiger partial charge < -0.3 is 10.2 Å². The molecule has 2 saturated heterocycles. The number of likely N-dealkylation sites (tertiary alicyclic amines) is 1. The minimum atomic E-state index is 0.137. The number of nitrogens with zero attached hydrogens (tertiary/aromatic N) is 2. The van der Waals surface area contributed by atoms with Crippen LogP contribution in [0.3, 0.4) is 0 Å². The van der Waals surface area contributed by atoms with E-state index in [4.69, 9.17) is 0 Å². The second kappa shape index (κ2) is 5.11. The smallest absolute Gasteiger partial charge is 0.256 e. The van der Waals surface area contributed by atoms with Gasteiger partial charge in [0.1, 0.15) is 0 Å². The Morgan fingerprint density at radius 1 is 1.24 bits per heavy atom. The highest BCUT2D eigenvalue weighted by molar-refractivity contribution is 6.05. The van der Waals surface area contributed by atoms with Gasteiger partial charge in [-0.3, -0.25) is 9.78 Å². The normalized spacial score (nSPS) is 25.0. The zero-order chi connectivity index (χ0) is 14.2. The van der Waals surface area contributed by atoms with Crippen molar-refractivity contribution in [1.29, 1.82) is 0 Å². The minimum absolute atomic E-state index is 0.137. The first-order valence-electron chi connectivity index (χ1n) is 7.70. The quantitative estimate of drug-likeness (QED) is 0.870. The lowest BCUT2D eigenvalue weighted by atomic mass is 9.91. The van der Waals surface area contributed by atoms with Crippen LogP contribution in [0.4, 0.5) is 0 Å². The number of para-hydroxylation sites is 1. The number of carbonyl (C=O) groups is 1. The molecule has 2 unspecified atom stereocenters. The fourth-order valence-corrected chi connectivity index (χ4v) is 3.75. The zero-order valence-electron chi connectivity index (χ0n) is 12.0. The molecule has 0 aliphatic carbocycles. The van der Waals surface area contributed by atoms with Crippen LogP contribution >= 0.6 is 0 Å². The third-order valence-electron chi connectivity index (χ3n) is 4.80. The van der Waals surface area contributed by atoms with Crippen molar-refractivity contribution in [1.82, 2.24) is 15.2 Å². The van der Waals surface area contributed by atoms with Gasteiger partial charge in [0.25, 0.3) is 5.91 Å². The van der Waals surface area contributed by atoms with Crippen LogP contribution in [-0.4, -0.2) is 41.5 Å². The number of hydrogen-bond acceptors (Lipinski definition) is 3. The van der Waals surface area contributed by atoms with Gasteiger partial charge in [-0.05, 0) is 30.9 Å². The molecule has 2 aliphatic rings. The molecule has 2 aliphatic heterocycles. The molecule has 3 heterocycles. The lowest BCUT2D eigenvalue weighted by Gasteiger charge is -2.37. The summed E-state index contributed by atoms with van der Waals surface area (Å²) in [5, 5.41) is 4.46. The second-order valence-corrected chi connectivity index (χ2v) is 6.01. The van der Waals surface area contributed by atoms with Crippen LogP contribution < -0.4 is 5.32 Å². The summed E-state index contributed by atoms with van der Waals surface area (Å²) in [6.45, 7) is 2.84. The average molecular weight is 281 g/mol. The van der Waals surface area contributed by atoms with E-state index in [2.05, 4.69) is 15.2 Å². The number of benzene rings is 1. The van der Waals surface area contributed by atoms with E-state index < -0.39 is 0 Å². The Balaban J connectivity index is 1.73. The summed E-state index contributed by atoms with van der Waals surface area (Å²) >= 11 is 0. The first-order chi connectivity index (χ1) is 10.3. The van der Waals surface area contributed by atoms with E-state index >= 15 is 0 Å². The molecule has 1 aromatic heterocycles. The first-order valence-corrected chi connectivity index (χ1v) is 7.70. The van der Waals surface area contributed by atoms with E-state index in [1.165, 1.54) is 6.42 Å². The Hall–Kier alpha value is -1.94. The van der Waals surface area contributed by atoms with Gasteiger partial charge in [-0.15, -0.1) is 0 Å². The number of amides is 1. The molecule has 1 aromatic carbocycles. The number of hydrogen-bond donors (Lipinski definition) is 1. The van der Waals surface area contributed by atoms with Crippen molar-refractivity contribution in [3.05, 3.63) is 42.1 Å². The molecule has 21 heavy (non-hydrogen) atoms. The van der Waals surface area contributed by atoms with Crippen LogP contribution in [0.5, 0.6) is 0 Å². The van der Waals surface area contributed by atoms with Crippen LogP contribution in [0.1, 0.15) is 23.2 Å². The molecular weight excluding hydrogens is 262 g/mol. The van der Waals surface area contributed by atoms with Gasteiger partial charge in [-0.25, -0.2) is 0 Å². The van der Waals surface area contributed by atoms with Crippen molar-refractivity contribution < 1.29 is 4.79 Å². The lowest BCUT2D eigenvalue weighted by molar-refractivity contribution is 0.0576. The number of fused-ring (bicyclic) bond motifs is 2. The monoisotopic (exact) mass is 281 g/mol. The van der Waals surface area contributed by atoms with Crippen LogP contribution in [-0.2, 0) is 0 Å². The third kappa shape index (κ3) is 2.10. The molecule has 0 radical (unpaired) electrons. The maximum Gasteiger partial charge on any atom is 0.256 e. The Kier molecular flexibility index (Phi) is 3.11. The molecule has 4 nitrogen and oxygen atoms in total. The van der Waals surface area contributed by atoms with E-state index in [-0.39, 0.29) is 5.91 Å². The molecule has 0 spiro atoms. The fraction of sp³-hybridized carbons (Fsp3) is 0.412. The third-order valence-corrected chi connectivity index (χ3v) is 4.80. The van der Waals surface area contributed by atoms with Crippen LogP contribution in [0, 0.1) is 5.92 Å². The molecule has 2 fully saturated rings. The fourth-order valence-electron chi connectivity index (χ4n) is 3.75. The van der Waals surface area contributed by atoms with Gasteiger partial charge in [0, 0.05) is 37.3 Å². The van der Waals surface area contributed by atoms with Crippen LogP contribution in [0.15, 0.2) is 36.5 Å². The van der Waals surface area contributed by atoms with Crippen molar-refractivity contribution >= 4 is 16.8 Å². The molecule has 2 atom stereocenters. The molecule has 1 N–H and O–H groups in total. The van der Waals surface area contributed by atoms with Gasteiger partial charge in [-0.1, -0.05) is 18.2 Å². The van der Waals surface area contributed by atoms with Crippen LogP contribution in [0.25, 0.3) is 10.9 Å². The predicted octanol–water partition coefficient (Wildman–Crippen LogP) is 2.06. The average Bonchev–Trinajstić information content (AvgIpc) is 3.02. The zero-order valence-corrected chi connectivity index (χ0v) is 12.0. The largest absolute Gasteiger partial charge is 0.334 e. The summed E-state index contributed by atoms with van der Waals surface area (Å²) in [6, 6.07) is 10.1. The molecule has 1 amide bonds. The molecular formula is C17H19N3O. The number of pyridine rings is 1. The van der Waals surface area contributed by atoms with E-state index in [0.29, 0.717) is 12.0 Å². The van der Waals surface area contributed by atoms with Crippen molar-refractivity contribution in [2.24, 2.45) is 5.92 Å². The van der Waals surface area contributed by atoms with Crippen molar-refractivity contribution in [2.45, 2.75) is 18.9 Å². The highest BCUT2D eigenvalue weighted by Gasteiger charge is 2.37. The molecule has 108 valence electrons. The summed E-state index contributed by atoms with van der Waals surface area (Å²) in [4.78, 5) is 19.5. The van der Waals surface area contributed by atoms with Crippen LogP contribution in [0.2, 0.25) is 0 Å². The standard InChI is InChI=1S/C17H19N3O/c21-17(20-9-3-6-13-10-18-11-15(13)20)14-7-1-4-12-5-2-8-19-16(12)14/h1-2,4-5,7-8,13,15,18H,3,6,9-11H2. The molecule has 0 bridgehead atoms. The maximum atomic E-state index is 13.0. The maximum absolute atomic E-state index is 13.0. The first kappa shape index (κ1) is 12.8. The molecule has 4 heteroatoms. The van der Waals surface area contributed by atoms with Crippen molar-refractivity contribution in [3.8, 4) is 0 Å². The second-order valence-electron chi connectivity index (χ2n) is 6.01.